The summed E-state index contributed by atoms with van der Waals surface area (Å²) in [4.78, 5) is 9.59. The molecule has 0 N–H and O–H groups in total. The molecule has 0 radical (unpaired) electrons. The Morgan fingerprint density at radius 3 is 2.52 bits per heavy atom. The van der Waals surface area contributed by atoms with Gasteiger partial charge < -0.3 is 4.90 Å². The van der Waals surface area contributed by atoms with Crippen molar-refractivity contribution >= 4 is 11.5 Å². The molecule has 1 unspecified atom stereocenters. The largest absolute Gasteiger partial charge is 0.341 e. The van der Waals surface area contributed by atoms with E-state index >= 15 is 0 Å². The van der Waals surface area contributed by atoms with Crippen molar-refractivity contribution < 1.29 is 0 Å². The van der Waals surface area contributed by atoms with Gasteiger partial charge in [-0.15, -0.1) is 5.10 Å². The highest BCUT2D eigenvalue weighted by atomic mass is 15.4. The first-order valence-electron chi connectivity index (χ1n) is 11.0. The van der Waals surface area contributed by atoms with Crippen LogP contribution in [0.5, 0.6) is 0 Å². The quantitative estimate of drug-likeness (QED) is 0.635. The predicted octanol–water partition coefficient (Wildman–Crippen LogP) is 4.29. The second-order valence-electron chi connectivity index (χ2n) is 9.78. The van der Waals surface area contributed by atoms with Gasteiger partial charge in [-0.2, -0.15) is 9.78 Å². The lowest BCUT2D eigenvalue weighted by atomic mass is 9.96. The highest BCUT2D eigenvalue weighted by molar-refractivity contribution is 5.69. The Bertz CT molecular complexity index is 1130. The van der Waals surface area contributed by atoms with E-state index in [4.69, 9.17) is 10.1 Å². The number of pyridine rings is 1. The van der Waals surface area contributed by atoms with Crippen LogP contribution in [0.3, 0.4) is 0 Å². The molecule has 0 aliphatic carbocycles. The molecule has 3 heterocycles. The van der Waals surface area contributed by atoms with Crippen LogP contribution in [0.1, 0.15) is 61.7 Å². The Labute approximate surface area is 185 Å². The number of fused-ring (bicyclic) bond motifs is 1. The molecule has 6 heteroatoms. The minimum Gasteiger partial charge on any atom is -0.341 e. The highest BCUT2D eigenvalue weighted by Gasteiger charge is 2.33. The summed E-state index contributed by atoms with van der Waals surface area (Å²) in [7, 11) is 4.27. The average molecular weight is 417 g/mol. The molecule has 162 valence electrons. The van der Waals surface area contributed by atoms with Crippen LogP contribution in [0.4, 0.5) is 5.82 Å². The van der Waals surface area contributed by atoms with Gasteiger partial charge in [0.1, 0.15) is 17.5 Å². The summed E-state index contributed by atoms with van der Waals surface area (Å²) in [5.74, 6) is 1.84. The van der Waals surface area contributed by atoms with Crippen LogP contribution >= 0.6 is 0 Å². The van der Waals surface area contributed by atoms with E-state index in [0.717, 1.165) is 48.6 Å². The van der Waals surface area contributed by atoms with Gasteiger partial charge in [0, 0.05) is 23.9 Å². The zero-order valence-corrected chi connectivity index (χ0v) is 19.5. The van der Waals surface area contributed by atoms with Gasteiger partial charge in [0.15, 0.2) is 11.5 Å². The Morgan fingerprint density at radius 1 is 1.19 bits per heavy atom. The molecule has 1 aromatic carbocycles. The van der Waals surface area contributed by atoms with Gasteiger partial charge >= 0.3 is 0 Å². The Balaban J connectivity index is 2.04. The van der Waals surface area contributed by atoms with Crippen LogP contribution in [-0.4, -0.2) is 46.3 Å². The fourth-order valence-electron chi connectivity index (χ4n) is 4.53. The van der Waals surface area contributed by atoms with Gasteiger partial charge in [0.25, 0.3) is 0 Å². The molecule has 3 aromatic rings. The maximum atomic E-state index is 10.1. The van der Waals surface area contributed by atoms with E-state index in [1.807, 2.05) is 10.6 Å². The Kier molecular flexibility index (Phi) is 5.49. The molecule has 1 saturated heterocycles. The van der Waals surface area contributed by atoms with Crippen molar-refractivity contribution in [3.05, 3.63) is 58.4 Å². The molecule has 1 fully saturated rings. The van der Waals surface area contributed by atoms with Crippen molar-refractivity contribution in [2.45, 2.75) is 58.5 Å². The molecule has 31 heavy (non-hydrogen) atoms. The third-order valence-corrected chi connectivity index (χ3v) is 6.22. The first-order chi connectivity index (χ1) is 14.7. The monoisotopic (exact) mass is 416 g/mol. The number of benzene rings is 1. The second-order valence-corrected chi connectivity index (χ2v) is 9.78. The number of aromatic nitrogens is 3. The molecule has 1 aliphatic rings. The summed E-state index contributed by atoms with van der Waals surface area (Å²) < 4.78 is 1.95. The lowest BCUT2D eigenvalue weighted by Gasteiger charge is -2.33. The summed E-state index contributed by atoms with van der Waals surface area (Å²) in [6.45, 7) is 9.37. The first-order valence-corrected chi connectivity index (χ1v) is 11.0. The molecule has 4 rings (SSSR count). The van der Waals surface area contributed by atoms with E-state index < -0.39 is 0 Å². The number of rotatable bonds is 4. The van der Waals surface area contributed by atoms with Crippen LogP contribution in [0.2, 0.25) is 0 Å². The fraction of sp³-hybridized carbons (Fsp3) is 0.480. The van der Waals surface area contributed by atoms with Gasteiger partial charge in [0.2, 0.25) is 0 Å². The van der Waals surface area contributed by atoms with Crippen LogP contribution < -0.4 is 4.90 Å². The smallest absolute Gasteiger partial charge is 0.176 e. The number of nitrogens with zero attached hydrogens (tertiary/aromatic N) is 6. The highest BCUT2D eigenvalue weighted by Crippen LogP contribution is 2.36. The summed E-state index contributed by atoms with van der Waals surface area (Å²) in [6, 6.07) is 12.9. The fourth-order valence-corrected chi connectivity index (χ4v) is 4.53. The third kappa shape index (κ3) is 3.79. The summed E-state index contributed by atoms with van der Waals surface area (Å²) in [5, 5.41) is 15.0. The van der Waals surface area contributed by atoms with Crippen LogP contribution in [0, 0.1) is 18.3 Å². The van der Waals surface area contributed by atoms with Gasteiger partial charge in [-0.05, 0) is 45.0 Å². The number of hydrogen-bond acceptors (Lipinski definition) is 5. The summed E-state index contributed by atoms with van der Waals surface area (Å²) in [6.07, 6.45) is 3.30. The third-order valence-electron chi connectivity index (χ3n) is 6.22. The van der Waals surface area contributed by atoms with Gasteiger partial charge in [-0.1, -0.05) is 51.1 Å². The van der Waals surface area contributed by atoms with E-state index in [1.165, 1.54) is 5.56 Å². The maximum absolute atomic E-state index is 10.1. The zero-order valence-electron chi connectivity index (χ0n) is 19.5. The van der Waals surface area contributed by atoms with Crippen molar-refractivity contribution in [2.24, 2.45) is 0 Å². The maximum Gasteiger partial charge on any atom is 0.176 e. The SMILES string of the molecule is Cc1c(Cc2ccccc2)c(N2CCCC2N(C)C)n2nc(C(C)(C)C)nc2c1C#N. The molecular formula is C25H32N6. The normalized spacial score (nSPS) is 17.0. The molecule has 0 amide bonds. The lowest BCUT2D eigenvalue weighted by Crippen LogP contribution is -2.42. The van der Waals surface area contributed by atoms with Crippen LogP contribution in [0.25, 0.3) is 5.65 Å². The Morgan fingerprint density at radius 2 is 1.90 bits per heavy atom. The standard InChI is InChI=1S/C25H32N6/c1-17-19(15-18-11-8-7-9-12-18)23(30-14-10-13-21(30)29(5)6)31-22(20(17)16-26)27-24(28-31)25(2,3)4/h7-9,11-12,21H,10,13-15H2,1-6H3. The minimum atomic E-state index is -0.199. The minimum absolute atomic E-state index is 0.199. The lowest BCUT2D eigenvalue weighted by molar-refractivity contribution is 0.299. The van der Waals surface area contributed by atoms with E-state index in [2.05, 4.69) is 81.9 Å². The Hall–Kier alpha value is -2.91. The molecule has 0 saturated carbocycles. The molecule has 1 aliphatic heterocycles. The van der Waals surface area contributed by atoms with E-state index in [0.29, 0.717) is 17.4 Å². The predicted molar refractivity (Wildman–Crippen MR) is 124 cm³/mol. The number of anilines is 1. The van der Waals surface area contributed by atoms with E-state index in [9.17, 15) is 5.26 Å². The topological polar surface area (TPSA) is 60.5 Å². The van der Waals surface area contributed by atoms with Gasteiger partial charge in [-0.25, -0.2) is 4.98 Å². The van der Waals surface area contributed by atoms with E-state index in [1.54, 1.807) is 0 Å². The first kappa shape index (κ1) is 21.3. The zero-order chi connectivity index (χ0) is 22.3. The molecule has 0 bridgehead atoms. The molecule has 0 spiro atoms. The number of hydrogen-bond donors (Lipinski definition) is 0. The van der Waals surface area contributed by atoms with Gasteiger partial charge in [-0.3, -0.25) is 4.90 Å². The van der Waals surface area contributed by atoms with Crippen LogP contribution in [-0.2, 0) is 11.8 Å². The average Bonchev–Trinajstić information content (AvgIpc) is 3.37. The molecule has 6 nitrogen and oxygen atoms in total. The summed E-state index contributed by atoms with van der Waals surface area (Å²) >= 11 is 0. The van der Waals surface area contributed by atoms with Crippen molar-refractivity contribution in [3.8, 4) is 6.07 Å². The van der Waals surface area contributed by atoms with E-state index in [-0.39, 0.29) is 5.41 Å². The van der Waals surface area contributed by atoms with Crippen molar-refractivity contribution in [1.29, 1.82) is 5.26 Å². The van der Waals surface area contributed by atoms with Gasteiger partial charge in [0.05, 0.1) is 6.17 Å². The van der Waals surface area contributed by atoms with Crippen molar-refractivity contribution in [3.63, 3.8) is 0 Å². The van der Waals surface area contributed by atoms with Crippen molar-refractivity contribution in [2.75, 3.05) is 25.5 Å². The molecule has 1 atom stereocenters. The summed E-state index contributed by atoms with van der Waals surface area (Å²) in [5.41, 5.74) is 4.49. The molecular weight excluding hydrogens is 384 g/mol. The van der Waals surface area contributed by atoms with Crippen LogP contribution in [0.15, 0.2) is 30.3 Å². The number of nitriles is 1. The molecule has 2 aromatic heterocycles. The van der Waals surface area contributed by atoms with Crippen molar-refractivity contribution in [1.82, 2.24) is 19.5 Å². The second kappa shape index (κ2) is 7.97.